The minimum atomic E-state index is -1.84. The van der Waals surface area contributed by atoms with E-state index in [0.29, 0.717) is 6.42 Å². The van der Waals surface area contributed by atoms with Gasteiger partial charge in [0.05, 0.1) is 0 Å². The van der Waals surface area contributed by atoms with Crippen molar-refractivity contribution in [3.05, 3.63) is 12.4 Å². The Morgan fingerprint density at radius 2 is 2.06 bits per heavy atom. The summed E-state index contributed by atoms with van der Waals surface area (Å²) < 4.78 is 19.6. The third kappa shape index (κ3) is 4.96. The van der Waals surface area contributed by atoms with Crippen LogP contribution in [0, 0.1) is 12.3 Å². The Labute approximate surface area is 100 Å². The summed E-state index contributed by atoms with van der Waals surface area (Å²) >= 11 is 0. The van der Waals surface area contributed by atoms with Gasteiger partial charge in [0.2, 0.25) is 0 Å². The maximum Gasteiger partial charge on any atom is 0.185 e. The molecular weight excluding hydrogens is 219 g/mol. The monoisotopic (exact) mass is 242 g/mol. The molecule has 1 atom stereocenters. The van der Waals surface area contributed by atoms with Crippen LogP contribution in [0.25, 0.3) is 0 Å². The van der Waals surface area contributed by atoms with Gasteiger partial charge in [-0.2, -0.15) is 0 Å². The fourth-order valence-electron chi connectivity index (χ4n) is 1.68. The smallest absolute Gasteiger partial charge is 0.185 e. The van der Waals surface area contributed by atoms with Crippen LogP contribution in [0.2, 0.25) is 19.6 Å². The second-order valence-electron chi connectivity index (χ2n) is 5.10. The lowest BCUT2D eigenvalue weighted by molar-refractivity contribution is 0.0687. The quantitative estimate of drug-likeness (QED) is 0.478. The number of unbranched alkanes of at least 4 members (excludes halogenated alkanes) is 1. The van der Waals surface area contributed by atoms with Gasteiger partial charge in [0, 0.05) is 6.42 Å². The maximum absolute atomic E-state index is 13.7. The van der Waals surface area contributed by atoms with Crippen LogP contribution in [0.1, 0.15) is 32.6 Å². The van der Waals surface area contributed by atoms with Crippen molar-refractivity contribution in [2.24, 2.45) is 0 Å². The Kier molecular flexibility index (Phi) is 5.99. The largest absolute Gasteiger partial charge is 0.405 e. The second-order valence-corrected chi connectivity index (χ2v) is 9.53. The molecule has 0 fully saturated rings. The van der Waals surface area contributed by atoms with Gasteiger partial charge in [-0.1, -0.05) is 26.3 Å². The topological polar surface area (TPSA) is 9.23 Å². The third-order valence-electron chi connectivity index (χ3n) is 2.32. The summed E-state index contributed by atoms with van der Waals surface area (Å²) in [5.74, 6) is 2.09. The SMILES string of the molecule is C#CCC(CCCC)(O[Si](C)(C)C)C(=C)F. The van der Waals surface area contributed by atoms with Crippen molar-refractivity contribution in [3.63, 3.8) is 0 Å². The van der Waals surface area contributed by atoms with Gasteiger partial charge in [-0.05, 0) is 26.1 Å². The van der Waals surface area contributed by atoms with Crippen molar-refractivity contribution in [1.82, 2.24) is 0 Å². The van der Waals surface area contributed by atoms with E-state index in [9.17, 15) is 4.39 Å². The molecule has 0 aliphatic heterocycles. The van der Waals surface area contributed by atoms with Crippen LogP contribution in [-0.4, -0.2) is 13.9 Å². The van der Waals surface area contributed by atoms with Crippen molar-refractivity contribution in [2.45, 2.75) is 57.8 Å². The summed E-state index contributed by atoms with van der Waals surface area (Å²) in [6.07, 6.45) is 8.10. The standard InChI is InChI=1S/C13H23FOSi/c1-7-9-11-13(10-8-2,12(3)14)15-16(4,5)6/h2H,3,7,9-11H2,1,4-6H3. The highest BCUT2D eigenvalue weighted by Crippen LogP contribution is 2.34. The fourth-order valence-corrected chi connectivity index (χ4v) is 3.13. The highest BCUT2D eigenvalue weighted by atomic mass is 28.4. The molecule has 0 aliphatic carbocycles. The van der Waals surface area contributed by atoms with E-state index in [1.807, 2.05) is 19.6 Å². The van der Waals surface area contributed by atoms with Crippen LogP contribution in [0.3, 0.4) is 0 Å². The third-order valence-corrected chi connectivity index (χ3v) is 3.32. The van der Waals surface area contributed by atoms with Crippen molar-refractivity contribution in [2.75, 3.05) is 0 Å². The maximum atomic E-state index is 13.7. The molecule has 0 aromatic carbocycles. The van der Waals surface area contributed by atoms with Gasteiger partial charge >= 0.3 is 0 Å². The zero-order valence-electron chi connectivity index (χ0n) is 10.9. The molecule has 0 saturated heterocycles. The van der Waals surface area contributed by atoms with Crippen molar-refractivity contribution in [1.29, 1.82) is 0 Å². The molecule has 0 aliphatic rings. The number of hydrogen-bond acceptors (Lipinski definition) is 1. The minimum Gasteiger partial charge on any atom is -0.405 e. The summed E-state index contributed by atoms with van der Waals surface area (Å²) in [5.41, 5.74) is -0.949. The number of terminal acetylenes is 1. The molecule has 92 valence electrons. The van der Waals surface area contributed by atoms with Crippen LogP contribution >= 0.6 is 0 Å². The van der Waals surface area contributed by atoms with Gasteiger partial charge in [0.25, 0.3) is 0 Å². The summed E-state index contributed by atoms with van der Waals surface area (Å²) in [6.45, 7) is 11.6. The molecule has 3 heteroatoms. The van der Waals surface area contributed by atoms with Gasteiger partial charge in [-0.3, -0.25) is 0 Å². The van der Waals surface area contributed by atoms with Crippen LogP contribution < -0.4 is 0 Å². The Bertz CT molecular complexity index is 275. The predicted octanol–water partition coefficient (Wildman–Crippen LogP) is 4.27. The molecule has 0 saturated carbocycles. The molecule has 0 aromatic heterocycles. The molecular formula is C13H23FOSi. The Balaban J connectivity index is 4.95. The minimum absolute atomic E-state index is 0.270. The summed E-state index contributed by atoms with van der Waals surface area (Å²) in [5, 5.41) is 0. The fraction of sp³-hybridized carbons (Fsp3) is 0.692. The van der Waals surface area contributed by atoms with E-state index in [1.54, 1.807) is 0 Å². The normalized spacial score (nSPS) is 15.2. The molecule has 0 radical (unpaired) electrons. The first kappa shape index (κ1) is 15.4. The Morgan fingerprint density at radius 3 is 2.38 bits per heavy atom. The zero-order valence-corrected chi connectivity index (χ0v) is 11.9. The van der Waals surface area contributed by atoms with E-state index in [4.69, 9.17) is 10.8 Å². The lowest BCUT2D eigenvalue weighted by Gasteiger charge is -2.37. The van der Waals surface area contributed by atoms with Gasteiger partial charge in [0.1, 0.15) is 11.4 Å². The second kappa shape index (κ2) is 6.22. The molecule has 1 unspecified atom stereocenters. The summed E-state index contributed by atoms with van der Waals surface area (Å²) in [4.78, 5) is 0. The Hall–Kier alpha value is -0.593. The van der Waals surface area contributed by atoms with Crippen molar-refractivity contribution in [3.8, 4) is 12.3 Å². The van der Waals surface area contributed by atoms with Crippen molar-refractivity contribution >= 4 is 8.32 Å². The number of halogens is 1. The van der Waals surface area contributed by atoms with Gasteiger partial charge in [-0.25, -0.2) is 4.39 Å². The van der Waals surface area contributed by atoms with Crippen LogP contribution in [0.4, 0.5) is 4.39 Å². The molecule has 0 rings (SSSR count). The molecule has 1 nitrogen and oxygen atoms in total. The van der Waals surface area contributed by atoms with E-state index in [1.165, 1.54) is 0 Å². The lowest BCUT2D eigenvalue weighted by atomic mass is 9.92. The lowest BCUT2D eigenvalue weighted by Crippen LogP contribution is -2.43. The molecule has 0 N–H and O–H groups in total. The average molecular weight is 242 g/mol. The van der Waals surface area contributed by atoms with E-state index in [2.05, 4.69) is 19.4 Å². The van der Waals surface area contributed by atoms with Crippen molar-refractivity contribution < 1.29 is 8.82 Å². The first-order valence-corrected chi connectivity index (χ1v) is 9.17. The van der Waals surface area contributed by atoms with Gasteiger partial charge < -0.3 is 4.43 Å². The summed E-state index contributed by atoms with van der Waals surface area (Å²) in [6, 6.07) is 0. The van der Waals surface area contributed by atoms with E-state index < -0.39 is 19.7 Å². The highest BCUT2D eigenvalue weighted by molar-refractivity contribution is 6.69. The molecule has 0 bridgehead atoms. The van der Waals surface area contributed by atoms with Gasteiger partial charge in [-0.15, -0.1) is 12.3 Å². The molecule has 0 amide bonds. The zero-order chi connectivity index (χ0) is 12.8. The Morgan fingerprint density at radius 1 is 1.50 bits per heavy atom. The van der Waals surface area contributed by atoms with Crippen LogP contribution in [-0.2, 0) is 4.43 Å². The number of hydrogen-bond donors (Lipinski definition) is 0. The molecule has 16 heavy (non-hydrogen) atoms. The predicted molar refractivity (Wildman–Crippen MR) is 70.4 cm³/mol. The van der Waals surface area contributed by atoms with E-state index in [0.717, 1.165) is 12.8 Å². The van der Waals surface area contributed by atoms with E-state index >= 15 is 0 Å². The summed E-state index contributed by atoms with van der Waals surface area (Å²) in [7, 11) is -1.84. The highest BCUT2D eigenvalue weighted by Gasteiger charge is 2.38. The van der Waals surface area contributed by atoms with Gasteiger partial charge in [0.15, 0.2) is 8.32 Å². The molecule has 0 aromatic rings. The average Bonchev–Trinajstić information content (AvgIpc) is 2.12. The van der Waals surface area contributed by atoms with E-state index in [-0.39, 0.29) is 6.42 Å². The molecule has 0 spiro atoms. The van der Waals surface area contributed by atoms with Crippen LogP contribution in [0.5, 0.6) is 0 Å². The molecule has 0 heterocycles. The van der Waals surface area contributed by atoms with Crippen LogP contribution in [0.15, 0.2) is 12.4 Å². The first-order chi connectivity index (χ1) is 7.27. The number of rotatable bonds is 7. The first-order valence-electron chi connectivity index (χ1n) is 5.76.